The zero-order valence-electron chi connectivity index (χ0n) is 10.9. The molecule has 100 valence electrons. The fraction of sp³-hybridized carbons (Fsp3) is 0.111. The van der Waals surface area contributed by atoms with E-state index in [0.29, 0.717) is 0 Å². The van der Waals surface area contributed by atoms with Crippen molar-refractivity contribution in [2.75, 3.05) is 0 Å². The number of benzene rings is 3. The predicted octanol–water partition coefficient (Wildman–Crippen LogP) is 5.97. The highest BCUT2D eigenvalue weighted by Gasteiger charge is 2.10. The lowest BCUT2D eigenvalue weighted by molar-refractivity contribution is 0.927. The minimum absolute atomic E-state index is 0.0119. The maximum atomic E-state index is 6.59. The van der Waals surface area contributed by atoms with Crippen LogP contribution in [0.2, 0.25) is 0 Å². The van der Waals surface area contributed by atoms with Crippen LogP contribution in [0.4, 0.5) is 0 Å². The van der Waals surface area contributed by atoms with Crippen molar-refractivity contribution < 1.29 is 0 Å². The summed E-state index contributed by atoms with van der Waals surface area (Å²) in [5, 5.41) is 2.58. The lowest BCUT2D eigenvalue weighted by Crippen LogP contribution is -1.97. The van der Waals surface area contributed by atoms with E-state index in [1.54, 1.807) is 0 Å². The number of rotatable bonds is 3. The molecule has 1 atom stereocenters. The number of hydrogen-bond donors (Lipinski definition) is 0. The van der Waals surface area contributed by atoms with Gasteiger partial charge in [-0.2, -0.15) is 0 Å². The highest BCUT2D eigenvalue weighted by molar-refractivity contribution is 14.1. The van der Waals surface area contributed by atoms with Crippen molar-refractivity contribution in [3.63, 3.8) is 0 Å². The van der Waals surface area contributed by atoms with Crippen LogP contribution in [0.25, 0.3) is 10.8 Å². The van der Waals surface area contributed by atoms with Crippen LogP contribution < -0.4 is 0 Å². The summed E-state index contributed by atoms with van der Waals surface area (Å²) in [6.07, 6.45) is 0.851. The standard InChI is InChI=1S/C18H14ClI/c19-18(14-8-10-16(20)11-9-14)12-15-6-3-5-13-4-1-2-7-17(13)15/h1-11,18H,12H2. The molecule has 0 saturated carbocycles. The minimum atomic E-state index is 0.0119. The number of hydrogen-bond acceptors (Lipinski definition) is 0. The summed E-state index contributed by atoms with van der Waals surface area (Å²) in [5.41, 5.74) is 2.49. The molecule has 0 fully saturated rings. The van der Waals surface area contributed by atoms with Crippen molar-refractivity contribution in [1.29, 1.82) is 0 Å². The molecule has 2 heteroatoms. The third-order valence-corrected chi connectivity index (χ3v) is 4.64. The van der Waals surface area contributed by atoms with Crippen molar-refractivity contribution in [3.05, 3.63) is 81.4 Å². The summed E-state index contributed by atoms with van der Waals surface area (Å²) >= 11 is 8.90. The fourth-order valence-corrected chi connectivity index (χ4v) is 3.12. The highest BCUT2D eigenvalue weighted by atomic mass is 127. The van der Waals surface area contributed by atoms with Crippen molar-refractivity contribution >= 4 is 45.0 Å². The van der Waals surface area contributed by atoms with Gasteiger partial charge in [0.25, 0.3) is 0 Å². The van der Waals surface area contributed by atoms with Gasteiger partial charge >= 0.3 is 0 Å². The van der Waals surface area contributed by atoms with E-state index in [1.165, 1.54) is 25.5 Å². The Labute approximate surface area is 137 Å². The topological polar surface area (TPSA) is 0 Å². The third-order valence-electron chi connectivity index (χ3n) is 3.51. The van der Waals surface area contributed by atoms with Gasteiger partial charge in [0.05, 0.1) is 5.38 Å². The Hall–Kier alpha value is -1.06. The largest absolute Gasteiger partial charge is 0.117 e. The Morgan fingerprint density at radius 1 is 0.850 bits per heavy atom. The van der Waals surface area contributed by atoms with E-state index in [4.69, 9.17) is 11.6 Å². The van der Waals surface area contributed by atoms with Crippen LogP contribution in [-0.2, 0) is 6.42 Å². The van der Waals surface area contributed by atoms with E-state index in [1.807, 2.05) is 0 Å². The molecule has 0 nitrogen and oxygen atoms in total. The van der Waals surface area contributed by atoms with Gasteiger partial charge in [-0.05, 0) is 63.0 Å². The number of alkyl halides is 1. The molecule has 0 bridgehead atoms. The SMILES string of the molecule is ClC(Cc1cccc2ccccc12)c1ccc(I)cc1. The molecule has 0 heterocycles. The molecule has 3 aromatic carbocycles. The minimum Gasteiger partial charge on any atom is -0.117 e. The fourth-order valence-electron chi connectivity index (χ4n) is 2.45. The molecule has 0 spiro atoms. The second-order valence-electron chi connectivity index (χ2n) is 4.86. The van der Waals surface area contributed by atoms with Crippen LogP contribution in [0.1, 0.15) is 16.5 Å². The maximum Gasteiger partial charge on any atom is 0.0625 e. The normalized spacial score (nSPS) is 12.5. The second kappa shape index (κ2) is 6.15. The molecule has 0 saturated heterocycles. The number of halogens is 2. The summed E-state index contributed by atoms with van der Waals surface area (Å²) in [6, 6.07) is 23.3. The molecule has 0 amide bonds. The third kappa shape index (κ3) is 2.99. The molecule has 20 heavy (non-hydrogen) atoms. The van der Waals surface area contributed by atoms with Crippen molar-refractivity contribution in [3.8, 4) is 0 Å². The van der Waals surface area contributed by atoms with Crippen LogP contribution in [0.5, 0.6) is 0 Å². The van der Waals surface area contributed by atoms with Gasteiger partial charge in [0, 0.05) is 3.57 Å². The highest BCUT2D eigenvalue weighted by Crippen LogP contribution is 2.29. The first kappa shape index (κ1) is 13.9. The predicted molar refractivity (Wildman–Crippen MR) is 95.4 cm³/mol. The molecule has 0 aromatic heterocycles. The van der Waals surface area contributed by atoms with Gasteiger partial charge in [0.15, 0.2) is 0 Å². The first-order valence-electron chi connectivity index (χ1n) is 6.60. The maximum absolute atomic E-state index is 6.59. The van der Waals surface area contributed by atoms with E-state index in [0.717, 1.165) is 6.42 Å². The average Bonchev–Trinajstić information content (AvgIpc) is 2.48. The number of fused-ring (bicyclic) bond motifs is 1. The zero-order valence-corrected chi connectivity index (χ0v) is 13.8. The van der Waals surface area contributed by atoms with Gasteiger partial charge in [-0.1, -0.05) is 54.6 Å². The van der Waals surface area contributed by atoms with E-state index >= 15 is 0 Å². The Morgan fingerprint density at radius 2 is 1.55 bits per heavy atom. The molecule has 0 aliphatic carbocycles. The van der Waals surface area contributed by atoms with E-state index in [-0.39, 0.29) is 5.38 Å². The smallest absolute Gasteiger partial charge is 0.0625 e. The lowest BCUT2D eigenvalue weighted by atomic mass is 9.98. The lowest BCUT2D eigenvalue weighted by Gasteiger charge is -2.12. The molecular weight excluding hydrogens is 379 g/mol. The Bertz CT molecular complexity index is 714. The van der Waals surface area contributed by atoms with Gasteiger partial charge < -0.3 is 0 Å². The first-order valence-corrected chi connectivity index (χ1v) is 8.12. The second-order valence-corrected chi connectivity index (χ2v) is 6.63. The zero-order chi connectivity index (χ0) is 13.9. The van der Waals surface area contributed by atoms with Crippen molar-refractivity contribution in [2.45, 2.75) is 11.8 Å². The van der Waals surface area contributed by atoms with Crippen molar-refractivity contribution in [1.82, 2.24) is 0 Å². The van der Waals surface area contributed by atoms with E-state index in [9.17, 15) is 0 Å². The quantitative estimate of drug-likeness (QED) is 0.381. The van der Waals surface area contributed by atoms with E-state index < -0.39 is 0 Å². The summed E-state index contributed by atoms with van der Waals surface area (Å²) in [7, 11) is 0. The van der Waals surface area contributed by atoms with Crippen LogP contribution in [0.3, 0.4) is 0 Å². The van der Waals surface area contributed by atoms with Crippen LogP contribution in [-0.4, -0.2) is 0 Å². The van der Waals surface area contributed by atoms with Gasteiger partial charge in [-0.3, -0.25) is 0 Å². The van der Waals surface area contributed by atoms with Crippen LogP contribution in [0, 0.1) is 3.57 Å². The molecule has 0 N–H and O–H groups in total. The Balaban J connectivity index is 1.91. The molecule has 3 rings (SSSR count). The van der Waals surface area contributed by atoms with Gasteiger partial charge in [0.2, 0.25) is 0 Å². The molecule has 3 aromatic rings. The summed E-state index contributed by atoms with van der Waals surface area (Å²) < 4.78 is 1.24. The molecule has 0 aliphatic heterocycles. The monoisotopic (exact) mass is 392 g/mol. The van der Waals surface area contributed by atoms with E-state index in [2.05, 4.69) is 89.3 Å². The molecule has 0 radical (unpaired) electrons. The molecular formula is C18H14ClI. The van der Waals surface area contributed by atoms with Crippen molar-refractivity contribution in [2.24, 2.45) is 0 Å². The summed E-state index contributed by atoms with van der Waals surface area (Å²) in [5.74, 6) is 0. The van der Waals surface area contributed by atoms with Gasteiger partial charge in [0.1, 0.15) is 0 Å². The molecule has 1 unspecified atom stereocenters. The average molecular weight is 393 g/mol. The Kier molecular flexibility index (Phi) is 4.27. The molecule has 0 aliphatic rings. The van der Waals surface area contributed by atoms with Gasteiger partial charge in [-0.25, -0.2) is 0 Å². The first-order chi connectivity index (χ1) is 9.74. The van der Waals surface area contributed by atoms with Crippen LogP contribution in [0.15, 0.2) is 66.7 Å². The Morgan fingerprint density at radius 3 is 2.35 bits per heavy atom. The summed E-state index contributed by atoms with van der Waals surface area (Å²) in [6.45, 7) is 0. The van der Waals surface area contributed by atoms with Gasteiger partial charge in [-0.15, -0.1) is 11.6 Å². The van der Waals surface area contributed by atoms with Crippen LogP contribution >= 0.6 is 34.2 Å². The summed E-state index contributed by atoms with van der Waals surface area (Å²) in [4.78, 5) is 0.